The maximum atomic E-state index is 6.03. The highest BCUT2D eigenvalue weighted by Crippen LogP contribution is 2.31. The summed E-state index contributed by atoms with van der Waals surface area (Å²) in [6.45, 7) is 6.58. The number of nitrogens with two attached hydrogens (primary N) is 1. The number of hydrogen-bond acceptors (Lipinski definition) is 4. The van der Waals surface area contributed by atoms with E-state index in [0.717, 1.165) is 23.1 Å². The Hall–Kier alpha value is -2.27. The second kappa shape index (κ2) is 5.74. The third-order valence-electron chi connectivity index (χ3n) is 3.35. The Labute approximate surface area is 139 Å². The first-order valence-corrected chi connectivity index (χ1v) is 7.75. The van der Waals surface area contributed by atoms with Crippen molar-refractivity contribution in [2.45, 2.75) is 27.2 Å². The molecule has 23 heavy (non-hydrogen) atoms. The highest BCUT2D eigenvalue weighted by atomic mass is 35.5. The van der Waals surface area contributed by atoms with Gasteiger partial charge in [0.1, 0.15) is 17.6 Å². The van der Waals surface area contributed by atoms with Gasteiger partial charge in [-0.3, -0.25) is 0 Å². The molecule has 0 unspecified atom stereocenters. The van der Waals surface area contributed by atoms with Crippen LogP contribution in [-0.4, -0.2) is 15.0 Å². The minimum absolute atomic E-state index is 0.180. The molecule has 120 valence electrons. The van der Waals surface area contributed by atoms with Gasteiger partial charge in [-0.2, -0.15) is 4.98 Å². The third kappa shape index (κ3) is 3.56. The molecule has 0 aliphatic rings. The number of hydrogen-bond donors (Lipinski definition) is 2. The van der Waals surface area contributed by atoms with Crippen LogP contribution < -0.4 is 10.5 Å². The van der Waals surface area contributed by atoms with Crippen molar-refractivity contribution in [3.05, 3.63) is 41.3 Å². The average molecular weight is 331 g/mol. The normalized spacial score (nSPS) is 11.8. The van der Waals surface area contributed by atoms with Crippen LogP contribution in [0.5, 0.6) is 11.6 Å². The van der Waals surface area contributed by atoms with Gasteiger partial charge in [-0.25, -0.2) is 4.98 Å². The minimum Gasteiger partial charge on any atom is -0.437 e. The van der Waals surface area contributed by atoms with Crippen LogP contribution in [0.3, 0.4) is 0 Å². The Kier molecular flexibility index (Phi) is 3.90. The number of halogens is 1. The fraction of sp³-hybridized carbons (Fsp3) is 0.294. The largest absolute Gasteiger partial charge is 0.437 e. The highest BCUT2D eigenvalue weighted by molar-refractivity contribution is 6.33. The van der Waals surface area contributed by atoms with Gasteiger partial charge in [0.15, 0.2) is 0 Å². The fourth-order valence-corrected chi connectivity index (χ4v) is 2.57. The Morgan fingerprint density at radius 1 is 1.22 bits per heavy atom. The second-order valence-corrected chi connectivity index (χ2v) is 7.16. The highest BCUT2D eigenvalue weighted by Gasteiger charge is 2.16. The molecule has 6 heteroatoms. The van der Waals surface area contributed by atoms with Gasteiger partial charge in [-0.15, -0.1) is 0 Å². The van der Waals surface area contributed by atoms with Gasteiger partial charge >= 0.3 is 0 Å². The van der Waals surface area contributed by atoms with Crippen LogP contribution in [0.25, 0.3) is 11.0 Å². The molecule has 1 aromatic carbocycles. The number of nitrogens with one attached hydrogen (secondary N) is 1. The first kappa shape index (κ1) is 15.6. The Morgan fingerprint density at radius 3 is 2.70 bits per heavy atom. The van der Waals surface area contributed by atoms with Crippen molar-refractivity contribution in [1.29, 1.82) is 0 Å². The molecular formula is C17H19ClN4O. The number of nitrogens with zero attached hydrogens (tertiary/aromatic N) is 2. The van der Waals surface area contributed by atoms with Crippen molar-refractivity contribution in [3.63, 3.8) is 0 Å². The lowest BCUT2D eigenvalue weighted by molar-refractivity contribution is 0.407. The van der Waals surface area contributed by atoms with Gasteiger partial charge in [-0.05, 0) is 30.0 Å². The van der Waals surface area contributed by atoms with Gasteiger partial charge < -0.3 is 15.5 Å². The second-order valence-electron chi connectivity index (χ2n) is 6.76. The van der Waals surface area contributed by atoms with Crippen molar-refractivity contribution < 1.29 is 4.74 Å². The number of H-pyrrole nitrogens is 1. The molecule has 3 aromatic rings. The zero-order valence-electron chi connectivity index (χ0n) is 13.4. The first-order valence-electron chi connectivity index (χ1n) is 7.37. The summed E-state index contributed by atoms with van der Waals surface area (Å²) in [5.74, 6) is 1.05. The van der Waals surface area contributed by atoms with E-state index in [1.165, 1.54) is 6.33 Å². The lowest BCUT2D eigenvalue weighted by atomic mass is 9.91. The molecule has 0 amide bonds. The van der Waals surface area contributed by atoms with Crippen LogP contribution in [-0.2, 0) is 6.42 Å². The molecule has 0 saturated carbocycles. The molecule has 5 nitrogen and oxygen atoms in total. The van der Waals surface area contributed by atoms with Crippen LogP contribution in [0.15, 0.2) is 30.6 Å². The van der Waals surface area contributed by atoms with E-state index in [1.807, 2.05) is 6.07 Å². The molecule has 3 rings (SSSR count). The summed E-state index contributed by atoms with van der Waals surface area (Å²) in [5, 5.41) is 0.452. The van der Waals surface area contributed by atoms with E-state index in [9.17, 15) is 0 Å². The summed E-state index contributed by atoms with van der Waals surface area (Å²) in [6.07, 6.45) is 2.40. The van der Waals surface area contributed by atoms with Crippen molar-refractivity contribution >= 4 is 28.3 Å². The Bertz CT molecular complexity index is 851. The average Bonchev–Trinajstić information content (AvgIpc) is 2.84. The van der Waals surface area contributed by atoms with E-state index < -0.39 is 0 Å². The lowest BCUT2D eigenvalue weighted by Crippen LogP contribution is -2.09. The summed E-state index contributed by atoms with van der Waals surface area (Å²) in [7, 11) is 0. The van der Waals surface area contributed by atoms with E-state index in [0.29, 0.717) is 22.3 Å². The maximum Gasteiger partial charge on any atom is 0.247 e. The number of nitrogen functional groups attached to an aromatic ring is 1. The quantitative estimate of drug-likeness (QED) is 0.689. The predicted octanol–water partition coefficient (Wildman–Crippen LogP) is 4.57. The van der Waals surface area contributed by atoms with E-state index in [-0.39, 0.29) is 5.41 Å². The molecule has 2 aromatic heterocycles. The third-order valence-corrected chi connectivity index (χ3v) is 3.67. The van der Waals surface area contributed by atoms with E-state index in [2.05, 4.69) is 35.7 Å². The van der Waals surface area contributed by atoms with Crippen molar-refractivity contribution in [1.82, 2.24) is 15.0 Å². The van der Waals surface area contributed by atoms with Gasteiger partial charge in [0.2, 0.25) is 5.88 Å². The monoisotopic (exact) mass is 330 g/mol. The molecule has 0 saturated heterocycles. The smallest absolute Gasteiger partial charge is 0.247 e. The van der Waals surface area contributed by atoms with E-state index >= 15 is 0 Å². The summed E-state index contributed by atoms with van der Waals surface area (Å²) in [5.41, 5.74) is 9.12. The summed E-state index contributed by atoms with van der Waals surface area (Å²) in [4.78, 5) is 11.9. The molecule has 0 spiro atoms. The number of benzene rings is 1. The predicted molar refractivity (Wildman–Crippen MR) is 93.0 cm³/mol. The van der Waals surface area contributed by atoms with Crippen LogP contribution >= 0.6 is 11.6 Å². The molecule has 2 heterocycles. The Morgan fingerprint density at radius 2 is 2.00 bits per heavy atom. The summed E-state index contributed by atoms with van der Waals surface area (Å²) >= 11 is 6.03. The molecule has 0 aliphatic heterocycles. The fourth-order valence-electron chi connectivity index (χ4n) is 2.40. The van der Waals surface area contributed by atoms with E-state index in [4.69, 9.17) is 22.1 Å². The summed E-state index contributed by atoms with van der Waals surface area (Å²) in [6, 6.07) is 7.17. The number of ether oxygens (including phenoxy) is 1. The van der Waals surface area contributed by atoms with Crippen molar-refractivity contribution in [3.8, 4) is 11.6 Å². The summed E-state index contributed by atoms with van der Waals surface area (Å²) < 4.78 is 5.85. The molecule has 0 bridgehead atoms. The standard InChI is InChI=1S/C17H19ClN4O/c1-17(2,3)8-10-6-14-15(22-10)16(21-9-20-14)23-11-4-5-13(19)12(18)7-11/h4-7,9,22H,8,19H2,1-3H3. The number of aromatic amines is 1. The molecule has 0 fully saturated rings. The number of aromatic nitrogens is 3. The van der Waals surface area contributed by atoms with Gasteiger partial charge in [0.25, 0.3) is 0 Å². The minimum atomic E-state index is 0.180. The van der Waals surface area contributed by atoms with Crippen molar-refractivity contribution in [2.75, 3.05) is 5.73 Å². The molecule has 0 atom stereocenters. The van der Waals surface area contributed by atoms with Gasteiger partial charge in [0.05, 0.1) is 16.2 Å². The molecular weight excluding hydrogens is 312 g/mol. The first-order chi connectivity index (χ1) is 10.8. The lowest BCUT2D eigenvalue weighted by Gasteiger charge is -2.16. The van der Waals surface area contributed by atoms with Gasteiger partial charge in [0, 0.05) is 11.8 Å². The zero-order chi connectivity index (χ0) is 16.6. The van der Waals surface area contributed by atoms with Crippen molar-refractivity contribution in [2.24, 2.45) is 5.41 Å². The maximum absolute atomic E-state index is 6.03. The number of fused-ring (bicyclic) bond motifs is 1. The zero-order valence-corrected chi connectivity index (χ0v) is 14.1. The molecule has 3 N–H and O–H groups in total. The SMILES string of the molecule is CC(C)(C)Cc1cc2ncnc(Oc3ccc(N)c(Cl)c3)c2[nH]1. The number of rotatable bonds is 3. The van der Waals surface area contributed by atoms with Crippen LogP contribution in [0.2, 0.25) is 5.02 Å². The Balaban J connectivity index is 1.95. The van der Waals surface area contributed by atoms with Crippen LogP contribution in [0, 0.1) is 5.41 Å². The topological polar surface area (TPSA) is 76.8 Å². The van der Waals surface area contributed by atoms with E-state index in [1.54, 1.807) is 18.2 Å². The molecule has 0 aliphatic carbocycles. The van der Waals surface area contributed by atoms with Crippen LogP contribution in [0.1, 0.15) is 26.5 Å². The van der Waals surface area contributed by atoms with Crippen LogP contribution in [0.4, 0.5) is 5.69 Å². The number of anilines is 1. The van der Waals surface area contributed by atoms with Gasteiger partial charge in [-0.1, -0.05) is 32.4 Å². The molecule has 0 radical (unpaired) electrons.